The number of carbonyl (C=O) groups excluding carboxylic acids is 1. The molecule has 1 aliphatic rings. The Morgan fingerprint density at radius 1 is 1.09 bits per heavy atom. The van der Waals surface area contributed by atoms with E-state index < -0.39 is 10.0 Å². The smallest absolute Gasteiger partial charge is 0.253 e. The van der Waals surface area contributed by atoms with E-state index in [-0.39, 0.29) is 23.9 Å². The number of amides is 1. The van der Waals surface area contributed by atoms with Gasteiger partial charge in [-0.2, -0.15) is 4.31 Å². The minimum Gasteiger partial charge on any atom is -0.497 e. The van der Waals surface area contributed by atoms with E-state index in [1.807, 2.05) is 18.2 Å². The van der Waals surface area contributed by atoms with Crippen LogP contribution >= 0.6 is 11.3 Å². The van der Waals surface area contributed by atoms with E-state index in [0.717, 1.165) is 21.1 Å². The average molecular weight is 513 g/mol. The third kappa shape index (κ3) is 5.24. The van der Waals surface area contributed by atoms with Crippen molar-refractivity contribution in [3.63, 3.8) is 0 Å². The van der Waals surface area contributed by atoms with E-state index in [9.17, 15) is 13.2 Å². The Kier molecular flexibility index (Phi) is 7.54. The van der Waals surface area contributed by atoms with Crippen molar-refractivity contribution in [2.45, 2.75) is 4.90 Å². The van der Waals surface area contributed by atoms with Crippen LogP contribution in [0.4, 0.5) is 5.13 Å². The third-order valence-electron chi connectivity index (χ3n) is 5.83. The molecule has 0 N–H and O–H groups in total. The maximum Gasteiger partial charge on any atom is 0.253 e. The van der Waals surface area contributed by atoms with Crippen LogP contribution in [0.15, 0.2) is 72.7 Å². The standard InChI is InChI=1S/C25H28N4O4S2/c1-4-12-29(13-5-2)35(31,32)21-9-6-19(7-10-21)24(30)27-14-16-28(17-15-27)25-26-22-11-8-20(33-3)18-23(22)34-25/h4-11,18H,1-2,12-17H2,3H3. The van der Waals surface area contributed by atoms with Crippen molar-refractivity contribution in [2.24, 2.45) is 0 Å². The molecule has 0 bridgehead atoms. The Hall–Kier alpha value is -3.21. The second-order valence-electron chi connectivity index (χ2n) is 8.03. The summed E-state index contributed by atoms with van der Waals surface area (Å²) in [4.78, 5) is 21.9. The van der Waals surface area contributed by atoms with Crippen molar-refractivity contribution in [1.29, 1.82) is 0 Å². The molecule has 35 heavy (non-hydrogen) atoms. The highest BCUT2D eigenvalue weighted by Gasteiger charge is 2.26. The molecule has 1 amide bonds. The number of anilines is 1. The third-order valence-corrected chi connectivity index (χ3v) is 8.75. The Labute approximate surface area is 209 Å². The number of piperazine rings is 1. The lowest BCUT2D eigenvalue weighted by Gasteiger charge is -2.34. The van der Waals surface area contributed by atoms with Crippen molar-refractivity contribution in [1.82, 2.24) is 14.2 Å². The van der Waals surface area contributed by atoms with Crippen molar-refractivity contribution in [3.8, 4) is 5.75 Å². The molecule has 1 aromatic heterocycles. The van der Waals surface area contributed by atoms with Crippen LogP contribution in [-0.4, -0.2) is 74.9 Å². The summed E-state index contributed by atoms with van der Waals surface area (Å²) in [6, 6.07) is 11.9. The van der Waals surface area contributed by atoms with E-state index in [1.54, 1.807) is 35.5 Å². The van der Waals surface area contributed by atoms with Gasteiger partial charge >= 0.3 is 0 Å². The number of thiazole rings is 1. The Balaban J connectivity index is 1.41. The van der Waals surface area contributed by atoms with Crippen LogP contribution < -0.4 is 9.64 Å². The Bertz CT molecular complexity index is 1320. The number of hydrogen-bond acceptors (Lipinski definition) is 7. The van der Waals surface area contributed by atoms with Crippen LogP contribution in [0.5, 0.6) is 5.75 Å². The number of benzene rings is 2. The minimum absolute atomic E-state index is 0.114. The van der Waals surface area contributed by atoms with Crippen molar-refractivity contribution >= 4 is 42.6 Å². The van der Waals surface area contributed by atoms with E-state index >= 15 is 0 Å². The molecule has 2 aromatic carbocycles. The molecule has 0 atom stereocenters. The number of fused-ring (bicyclic) bond motifs is 1. The van der Waals surface area contributed by atoms with Gasteiger partial charge < -0.3 is 14.5 Å². The molecule has 0 spiro atoms. The summed E-state index contributed by atoms with van der Waals surface area (Å²) in [5.41, 5.74) is 1.39. The summed E-state index contributed by atoms with van der Waals surface area (Å²) in [6.07, 6.45) is 3.06. The molecule has 184 valence electrons. The maximum absolute atomic E-state index is 13.0. The summed E-state index contributed by atoms with van der Waals surface area (Å²) in [7, 11) is -2.06. The molecule has 8 nitrogen and oxygen atoms in total. The van der Waals surface area contributed by atoms with E-state index in [1.165, 1.54) is 28.6 Å². The molecule has 1 aliphatic heterocycles. The lowest BCUT2D eigenvalue weighted by Crippen LogP contribution is -2.48. The van der Waals surface area contributed by atoms with Crippen molar-refractivity contribution < 1.29 is 17.9 Å². The van der Waals surface area contributed by atoms with Gasteiger partial charge in [0.15, 0.2) is 5.13 Å². The maximum atomic E-state index is 13.0. The van der Waals surface area contributed by atoms with Crippen LogP contribution in [0.1, 0.15) is 10.4 Å². The molecular formula is C25H28N4O4S2. The molecule has 2 heterocycles. The first-order valence-electron chi connectivity index (χ1n) is 11.2. The van der Waals surface area contributed by atoms with E-state index in [4.69, 9.17) is 9.72 Å². The summed E-state index contributed by atoms with van der Waals surface area (Å²) in [5.74, 6) is 0.688. The predicted molar refractivity (Wildman–Crippen MR) is 140 cm³/mol. The number of carbonyl (C=O) groups is 1. The minimum atomic E-state index is -3.70. The number of ether oxygens (including phenoxy) is 1. The zero-order valence-corrected chi connectivity index (χ0v) is 21.2. The summed E-state index contributed by atoms with van der Waals surface area (Å²) >= 11 is 1.61. The quantitative estimate of drug-likeness (QED) is 0.407. The lowest BCUT2D eigenvalue weighted by atomic mass is 10.2. The molecule has 0 aliphatic carbocycles. The number of nitrogens with zero attached hydrogens (tertiary/aromatic N) is 4. The summed E-state index contributed by atoms with van der Waals surface area (Å²) in [6.45, 7) is 10.1. The lowest BCUT2D eigenvalue weighted by molar-refractivity contribution is 0.0746. The van der Waals surface area contributed by atoms with E-state index in [0.29, 0.717) is 31.7 Å². The zero-order chi connectivity index (χ0) is 25.0. The van der Waals surface area contributed by atoms with Gasteiger partial charge in [-0.25, -0.2) is 13.4 Å². The van der Waals surface area contributed by atoms with Gasteiger partial charge in [0.2, 0.25) is 10.0 Å². The van der Waals surface area contributed by atoms with Crippen LogP contribution in [0.25, 0.3) is 10.2 Å². The van der Waals surface area contributed by atoms with Crippen LogP contribution in [-0.2, 0) is 10.0 Å². The topological polar surface area (TPSA) is 83.1 Å². The fraction of sp³-hybridized carbons (Fsp3) is 0.280. The highest BCUT2D eigenvalue weighted by Crippen LogP contribution is 2.32. The van der Waals surface area contributed by atoms with Crippen LogP contribution in [0.2, 0.25) is 0 Å². The van der Waals surface area contributed by atoms with Gasteiger partial charge in [0.1, 0.15) is 5.75 Å². The number of aromatic nitrogens is 1. The van der Waals surface area contributed by atoms with Crippen LogP contribution in [0.3, 0.4) is 0 Å². The van der Waals surface area contributed by atoms with Gasteiger partial charge in [-0.05, 0) is 42.5 Å². The molecule has 10 heteroatoms. The molecule has 0 radical (unpaired) electrons. The molecular weight excluding hydrogens is 484 g/mol. The average Bonchev–Trinajstić information content (AvgIpc) is 3.31. The first-order chi connectivity index (χ1) is 16.9. The van der Waals surface area contributed by atoms with Crippen molar-refractivity contribution in [2.75, 3.05) is 51.3 Å². The fourth-order valence-electron chi connectivity index (χ4n) is 3.92. The van der Waals surface area contributed by atoms with Crippen molar-refractivity contribution in [3.05, 3.63) is 73.3 Å². The number of methoxy groups -OCH3 is 1. The highest BCUT2D eigenvalue weighted by molar-refractivity contribution is 7.89. The second-order valence-corrected chi connectivity index (χ2v) is 11.0. The Morgan fingerprint density at radius 3 is 2.34 bits per heavy atom. The highest BCUT2D eigenvalue weighted by atomic mass is 32.2. The van der Waals surface area contributed by atoms with Crippen LogP contribution in [0, 0.1) is 0 Å². The predicted octanol–water partition coefficient (Wildman–Crippen LogP) is 3.63. The number of hydrogen-bond donors (Lipinski definition) is 0. The van der Waals surface area contributed by atoms with Gasteiger partial charge in [-0.3, -0.25) is 4.79 Å². The molecule has 0 saturated carbocycles. The summed E-state index contributed by atoms with van der Waals surface area (Å²) in [5, 5.41) is 0.929. The molecule has 0 unspecified atom stereocenters. The molecule has 4 rings (SSSR count). The number of sulfonamides is 1. The second kappa shape index (κ2) is 10.6. The van der Waals surface area contributed by atoms with Gasteiger partial charge in [0.05, 0.1) is 22.2 Å². The van der Waals surface area contributed by atoms with E-state index in [2.05, 4.69) is 18.1 Å². The zero-order valence-electron chi connectivity index (χ0n) is 19.6. The first kappa shape index (κ1) is 24.9. The normalized spacial score (nSPS) is 14.3. The molecule has 3 aromatic rings. The van der Waals surface area contributed by atoms with Gasteiger partial charge in [0, 0.05) is 44.8 Å². The SMILES string of the molecule is C=CCN(CC=C)S(=O)(=O)c1ccc(C(=O)N2CCN(c3nc4ccc(OC)cc4s3)CC2)cc1. The largest absolute Gasteiger partial charge is 0.497 e. The fourth-order valence-corrected chi connectivity index (χ4v) is 6.34. The monoisotopic (exact) mass is 512 g/mol. The molecule has 1 fully saturated rings. The van der Waals surface area contributed by atoms with Gasteiger partial charge in [-0.15, -0.1) is 13.2 Å². The summed E-state index contributed by atoms with van der Waals surface area (Å²) < 4.78 is 33.4. The number of rotatable bonds is 9. The molecule has 1 saturated heterocycles. The Morgan fingerprint density at radius 2 is 1.74 bits per heavy atom. The van der Waals surface area contributed by atoms with Gasteiger partial charge in [-0.1, -0.05) is 23.5 Å². The first-order valence-corrected chi connectivity index (χ1v) is 13.4. The van der Waals surface area contributed by atoms with Gasteiger partial charge in [0.25, 0.3) is 5.91 Å².